The number of nitrogens with two attached hydrogens (primary N) is 1. The van der Waals surface area contributed by atoms with Gasteiger partial charge >= 0.3 is 0 Å². The van der Waals surface area contributed by atoms with E-state index in [9.17, 15) is 0 Å². The summed E-state index contributed by atoms with van der Waals surface area (Å²) in [4.78, 5) is 0. The van der Waals surface area contributed by atoms with Gasteiger partial charge in [0.05, 0.1) is 12.6 Å². The van der Waals surface area contributed by atoms with Crippen LogP contribution in [0.4, 0.5) is 0 Å². The first kappa shape index (κ1) is 10.5. The molecule has 0 fully saturated rings. The molecule has 72 valence electrons. The van der Waals surface area contributed by atoms with Crippen LogP contribution in [0.3, 0.4) is 0 Å². The van der Waals surface area contributed by atoms with Gasteiger partial charge in [-0.25, -0.2) is 0 Å². The standard InChI is InChI=1S/C9H13ClN2O/c1-13-6-9(12-11)7-2-4-8(10)5-3-7/h2-5,9,12H,6,11H2,1H3. The van der Waals surface area contributed by atoms with Crippen LogP contribution in [-0.4, -0.2) is 13.7 Å². The lowest BCUT2D eigenvalue weighted by molar-refractivity contribution is 0.167. The molecule has 1 atom stereocenters. The van der Waals surface area contributed by atoms with E-state index in [-0.39, 0.29) is 6.04 Å². The Balaban J connectivity index is 2.73. The lowest BCUT2D eigenvalue weighted by Gasteiger charge is -2.14. The number of rotatable bonds is 4. The third-order valence-corrected chi connectivity index (χ3v) is 2.06. The average molecular weight is 201 g/mol. The van der Waals surface area contributed by atoms with Gasteiger partial charge in [-0.1, -0.05) is 23.7 Å². The predicted octanol–water partition coefficient (Wildman–Crippen LogP) is 1.49. The largest absolute Gasteiger partial charge is 0.383 e. The van der Waals surface area contributed by atoms with Crippen LogP contribution in [-0.2, 0) is 4.74 Å². The van der Waals surface area contributed by atoms with Crippen LogP contribution in [0.2, 0.25) is 5.02 Å². The molecule has 0 aromatic heterocycles. The van der Waals surface area contributed by atoms with E-state index in [2.05, 4.69) is 5.43 Å². The topological polar surface area (TPSA) is 47.3 Å². The van der Waals surface area contributed by atoms with Gasteiger partial charge in [0.1, 0.15) is 0 Å². The molecule has 0 saturated heterocycles. The molecule has 1 aromatic rings. The predicted molar refractivity (Wildman–Crippen MR) is 53.4 cm³/mol. The molecule has 0 aliphatic rings. The third-order valence-electron chi connectivity index (χ3n) is 1.81. The molecule has 3 N–H and O–H groups in total. The zero-order valence-electron chi connectivity index (χ0n) is 7.46. The number of hydrogen-bond donors (Lipinski definition) is 2. The highest BCUT2D eigenvalue weighted by atomic mass is 35.5. The van der Waals surface area contributed by atoms with Crippen molar-refractivity contribution in [3.8, 4) is 0 Å². The summed E-state index contributed by atoms with van der Waals surface area (Å²) in [5.41, 5.74) is 3.73. The highest BCUT2D eigenvalue weighted by molar-refractivity contribution is 6.30. The Bertz CT molecular complexity index is 250. The highest BCUT2D eigenvalue weighted by Gasteiger charge is 2.07. The van der Waals surface area contributed by atoms with Gasteiger partial charge in [-0.15, -0.1) is 0 Å². The van der Waals surface area contributed by atoms with E-state index in [0.29, 0.717) is 6.61 Å². The van der Waals surface area contributed by atoms with Crippen molar-refractivity contribution >= 4 is 11.6 Å². The van der Waals surface area contributed by atoms with Gasteiger partial charge in [-0.05, 0) is 17.7 Å². The highest BCUT2D eigenvalue weighted by Crippen LogP contribution is 2.15. The number of benzene rings is 1. The fraction of sp³-hybridized carbons (Fsp3) is 0.333. The molecule has 0 heterocycles. The molecule has 13 heavy (non-hydrogen) atoms. The number of methoxy groups -OCH3 is 1. The van der Waals surface area contributed by atoms with Gasteiger partial charge in [0.25, 0.3) is 0 Å². The van der Waals surface area contributed by atoms with Crippen molar-refractivity contribution in [2.24, 2.45) is 5.84 Å². The maximum Gasteiger partial charge on any atom is 0.0693 e. The van der Waals surface area contributed by atoms with E-state index in [0.717, 1.165) is 10.6 Å². The van der Waals surface area contributed by atoms with E-state index in [4.69, 9.17) is 22.2 Å². The molecular weight excluding hydrogens is 188 g/mol. The summed E-state index contributed by atoms with van der Waals surface area (Å²) >= 11 is 5.75. The van der Waals surface area contributed by atoms with Crippen LogP contribution < -0.4 is 11.3 Å². The van der Waals surface area contributed by atoms with Crippen molar-refractivity contribution < 1.29 is 4.74 Å². The monoisotopic (exact) mass is 200 g/mol. The molecule has 0 aliphatic heterocycles. The summed E-state index contributed by atoms with van der Waals surface area (Å²) in [6, 6.07) is 7.52. The SMILES string of the molecule is COCC(NN)c1ccc(Cl)cc1. The van der Waals surface area contributed by atoms with E-state index < -0.39 is 0 Å². The lowest BCUT2D eigenvalue weighted by Crippen LogP contribution is -2.30. The molecule has 3 nitrogen and oxygen atoms in total. The Hall–Kier alpha value is -0.610. The van der Waals surface area contributed by atoms with Crippen molar-refractivity contribution in [1.29, 1.82) is 0 Å². The van der Waals surface area contributed by atoms with Crippen LogP contribution in [0.5, 0.6) is 0 Å². The number of hydrogen-bond acceptors (Lipinski definition) is 3. The van der Waals surface area contributed by atoms with E-state index in [1.54, 1.807) is 7.11 Å². The molecule has 0 radical (unpaired) electrons. The fourth-order valence-corrected chi connectivity index (χ4v) is 1.23. The summed E-state index contributed by atoms with van der Waals surface area (Å²) in [7, 11) is 1.64. The maximum absolute atomic E-state index is 5.75. The molecule has 0 spiro atoms. The molecule has 0 aliphatic carbocycles. The van der Waals surface area contributed by atoms with Crippen LogP contribution in [0.1, 0.15) is 11.6 Å². The number of nitrogens with one attached hydrogen (secondary N) is 1. The Morgan fingerprint density at radius 1 is 1.46 bits per heavy atom. The van der Waals surface area contributed by atoms with E-state index >= 15 is 0 Å². The zero-order chi connectivity index (χ0) is 9.68. The van der Waals surface area contributed by atoms with Crippen molar-refractivity contribution in [1.82, 2.24) is 5.43 Å². The fourth-order valence-electron chi connectivity index (χ4n) is 1.10. The second kappa shape index (κ2) is 5.19. The summed E-state index contributed by atoms with van der Waals surface area (Å²) in [6.07, 6.45) is 0. The van der Waals surface area contributed by atoms with Crippen LogP contribution >= 0.6 is 11.6 Å². The smallest absolute Gasteiger partial charge is 0.0693 e. The van der Waals surface area contributed by atoms with Gasteiger partial charge in [-0.3, -0.25) is 11.3 Å². The molecule has 1 rings (SSSR count). The van der Waals surface area contributed by atoms with Gasteiger partial charge in [0.2, 0.25) is 0 Å². The third kappa shape index (κ3) is 2.97. The van der Waals surface area contributed by atoms with Crippen LogP contribution in [0.25, 0.3) is 0 Å². The lowest BCUT2D eigenvalue weighted by atomic mass is 10.1. The van der Waals surface area contributed by atoms with E-state index in [1.165, 1.54) is 0 Å². The molecule has 1 aromatic carbocycles. The van der Waals surface area contributed by atoms with Crippen molar-refractivity contribution in [2.45, 2.75) is 6.04 Å². The summed E-state index contributed by atoms with van der Waals surface area (Å²) in [5.74, 6) is 5.37. The van der Waals surface area contributed by atoms with Crippen LogP contribution in [0.15, 0.2) is 24.3 Å². The first-order valence-electron chi connectivity index (χ1n) is 3.98. The zero-order valence-corrected chi connectivity index (χ0v) is 8.21. The minimum atomic E-state index is 0.0160. The van der Waals surface area contributed by atoms with Gasteiger partial charge < -0.3 is 4.74 Å². The second-order valence-electron chi connectivity index (χ2n) is 2.73. The summed E-state index contributed by atoms with van der Waals surface area (Å²) in [5, 5.41) is 0.719. The van der Waals surface area contributed by atoms with Crippen molar-refractivity contribution in [2.75, 3.05) is 13.7 Å². The normalized spacial score (nSPS) is 12.8. The van der Waals surface area contributed by atoms with Gasteiger partial charge in [0.15, 0.2) is 0 Å². The Labute approximate surface area is 82.8 Å². The van der Waals surface area contributed by atoms with Gasteiger partial charge in [0, 0.05) is 12.1 Å². The first-order valence-corrected chi connectivity index (χ1v) is 4.36. The number of ether oxygens (including phenoxy) is 1. The Morgan fingerprint density at radius 3 is 2.54 bits per heavy atom. The minimum absolute atomic E-state index is 0.0160. The molecule has 0 bridgehead atoms. The summed E-state index contributed by atoms with van der Waals surface area (Å²) in [6.45, 7) is 0.540. The maximum atomic E-state index is 5.75. The van der Waals surface area contributed by atoms with Gasteiger partial charge in [-0.2, -0.15) is 0 Å². The molecule has 0 amide bonds. The number of halogens is 1. The van der Waals surface area contributed by atoms with E-state index in [1.807, 2.05) is 24.3 Å². The Morgan fingerprint density at radius 2 is 2.08 bits per heavy atom. The van der Waals surface area contributed by atoms with Crippen molar-refractivity contribution in [3.63, 3.8) is 0 Å². The first-order chi connectivity index (χ1) is 6.27. The Kier molecular flexibility index (Phi) is 4.18. The molecule has 1 unspecified atom stereocenters. The molecule has 4 heteroatoms. The second-order valence-corrected chi connectivity index (χ2v) is 3.16. The van der Waals surface area contributed by atoms with Crippen molar-refractivity contribution in [3.05, 3.63) is 34.9 Å². The summed E-state index contributed by atoms with van der Waals surface area (Å²) < 4.78 is 5.00. The molecule has 0 saturated carbocycles. The van der Waals surface area contributed by atoms with Crippen LogP contribution in [0, 0.1) is 0 Å². The minimum Gasteiger partial charge on any atom is -0.383 e. The molecular formula is C9H13ClN2O. The average Bonchev–Trinajstić information content (AvgIpc) is 2.16. The quantitative estimate of drug-likeness (QED) is 0.572. The number of hydrazine groups is 1.